The van der Waals surface area contributed by atoms with Gasteiger partial charge in [-0.05, 0) is 18.2 Å². The van der Waals surface area contributed by atoms with Gasteiger partial charge in [0.25, 0.3) is 0 Å². The van der Waals surface area contributed by atoms with Gasteiger partial charge >= 0.3 is 0 Å². The summed E-state index contributed by atoms with van der Waals surface area (Å²) in [6, 6.07) is 4.08. The Bertz CT molecular complexity index is 416. The average Bonchev–Trinajstić information content (AvgIpc) is 2.36. The van der Waals surface area contributed by atoms with Crippen molar-refractivity contribution in [3.63, 3.8) is 0 Å². The summed E-state index contributed by atoms with van der Waals surface area (Å²) in [5.74, 6) is 0.0489. The second kappa shape index (κ2) is 6.26. The number of morpholine rings is 1. The van der Waals surface area contributed by atoms with Gasteiger partial charge in [-0.15, -0.1) is 0 Å². The topological polar surface area (TPSA) is 55.6 Å². The SMILES string of the molecule is Nc1cc(F)cc(S(=O)CCN2CCOCC2)c1. The summed E-state index contributed by atoms with van der Waals surface area (Å²) in [7, 11) is -1.21. The van der Waals surface area contributed by atoms with Crippen molar-refractivity contribution in [2.24, 2.45) is 0 Å². The highest BCUT2D eigenvalue weighted by Crippen LogP contribution is 2.14. The largest absolute Gasteiger partial charge is 0.399 e. The van der Waals surface area contributed by atoms with Gasteiger partial charge < -0.3 is 10.5 Å². The zero-order chi connectivity index (χ0) is 13.0. The van der Waals surface area contributed by atoms with Gasteiger partial charge in [-0.25, -0.2) is 4.39 Å². The van der Waals surface area contributed by atoms with Gasteiger partial charge in [0.15, 0.2) is 0 Å². The fourth-order valence-corrected chi connectivity index (χ4v) is 3.04. The fourth-order valence-electron chi connectivity index (χ4n) is 1.87. The van der Waals surface area contributed by atoms with Crippen molar-refractivity contribution in [1.29, 1.82) is 0 Å². The van der Waals surface area contributed by atoms with Crippen molar-refractivity contribution in [1.82, 2.24) is 4.90 Å². The molecular weight excluding hydrogens is 255 g/mol. The lowest BCUT2D eigenvalue weighted by atomic mass is 10.3. The first-order valence-electron chi connectivity index (χ1n) is 5.90. The van der Waals surface area contributed by atoms with E-state index in [2.05, 4.69) is 4.90 Å². The van der Waals surface area contributed by atoms with Gasteiger partial charge in [0, 0.05) is 36.0 Å². The van der Waals surface area contributed by atoms with Gasteiger partial charge in [-0.2, -0.15) is 0 Å². The maximum absolute atomic E-state index is 13.1. The minimum atomic E-state index is -1.21. The lowest BCUT2D eigenvalue weighted by Gasteiger charge is -2.26. The van der Waals surface area contributed by atoms with Gasteiger partial charge in [-0.1, -0.05) is 0 Å². The molecule has 18 heavy (non-hydrogen) atoms. The van der Waals surface area contributed by atoms with E-state index < -0.39 is 16.6 Å². The average molecular weight is 272 g/mol. The molecule has 0 amide bonds. The van der Waals surface area contributed by atoms with Crippen molar-refractivity contribution in [2.45, 2.75) is 4.90 Å². The van der Waals surface area contributed by atoms with Crippen LogP contribution in [0.15, 0.2) is 23.1 Å². The maximum atomic E-state index is 13.1. The Kier molecular flexibility index (Phi) is 4.68. The molecule has 4 nitrogen and oxygen atoms in total. The summed E-state index contributed by atoms with van der Waals surface area (Å²) in [6.07, 6.45) is 0. The Balaban J connectivity index is 1.90. The minimum absolute atomic E-state index is 0.310. The van der Waals surface area contributed by atoms with E-state index in [1.54, 1.807) is 6.07 Å². The molecule has 1 unspecified atom stereocenters. The highest BCUT2D eigenvalue weighted by Gasteiger charge is 2.13. The Labute approximate surface area is 108 Å². The van der Waals surface area contributed by atoms with Gasteiger partial charge in [0.2, 0.25) is 0 Å². The van der Waals surface area contributed by atoms with Crippen LogP contribution in [0.5, 0.6) is 0 Å². The summed E-state index contributed by atoms with van der Waals surface area (Å²) in [5, 5.41) is 0. The number of anilines is 1. The molecule has 0 saturated carbocycles. The summed E-state index contributed by atoms with van der Waals surface area (Å²) in [6.45, 7) is 3.90. The molecule has 2 N–H and O–H groups in total. The van der Waals surface area contributed by atoms with Crippen LogP contribution in [0.4, 0.5) is 10.1 Å². The first-order valence-corrected chi connectivity index (χ1v) is 7.21. The lowest BCUT2D eigenvalue weighted by Crippen LogP contribution is -2.38. The van der Waals surface area contributed by atoms with E-state index in [0.717, 1.165) is 32.8 Å². The van der Waals surface area contributed by atoms with Crippen molar-refractivity contribution in [3.05, 3.63) is 24.0 Å². The molecule has 1 fully saturated rings. The molecule has 1 saturated heterocycles. The maximum Gasteiger partial charge on any atom is 0.126 e. The molecule has 6 heteroatoms. The van der Waals surface area contributed by atoms with Crippen molar-refractivity contribution < 1.29 is 13.3 Å². The monoisotopic (exact) mass is 272 g/mol. The smallest absolute Gasteiger partial charge is 0.126 e. The Hall–Kier alpha value is -0.980. The van der Waals surface area contributed by atoms with E-state index in [-0.39, 0.29) is 0 Å². The molecule has 1 aliphatic rings. The normalized spacial score (nSPS) is 18.7. The molecule has 1 aliphatic heterocycles. The van der Waals surface area contributed by atoms with Crippen LogP contribution < -0.4 is 5.73 Å². The molecule has 0 spiro atoms. The predicted molar refractivity (Wildman–Crippen MR) is 69.3 cm³/mol. The third kappa shape index (κ3) is 3.76. The third-order valence-electron chi connectivity index (χ3n) is 2.85. The number of ether oxygens (including phenoxy) is 1. The zero-order valence-electron chi connectivity index (χ0n) is 10.1. The summed E-state index contributed by atoms with van der Waals surface area (Å²) in [4.78, 5) is 2.66. The van der Waals surface area contributed by atoms with E-state index in [9.17, 15) is 8.60 Å². The number of nitrogen functional groups attached to an aromatic ring is 1. The second-order valence-corrected chi connectivity index (χ2v) is 5.79. The lowest BCUT2D eigenvalue weighted by molar-refractivity contribution is 0.0409. The molecule has 100 valence electrons. The first kappa shape index (κ1) is 13.5. The highest BCUT2D eigenvalue weighted by molar-refractivity contribution is 7.85. The molecule has 1 atom stereocenters. The first-order chi connectivity index (χ1) is 8.65. The standard InChI is InChI=1S/C12H17FN2O2S/c13-10-7-11(14)9-12(8-10)18(16)6-3-15-1-4-17-5-2-15/h7-9H,1-6,14H2. The molecule has 0 bridgehead atoms. The molecule has 2 rings (SSSR count). The van der Waals surface area contributed by atoms with Gasteiger partial charge in [-0.3, -0.25) is 9.11 Å². The zero-order valence-corrected chi connectivity index (χ0v) is 10.9. The summed E-state index contributed by atoms with van der Waals surface area (Å²) >= 11 is 0. The van der Waals surface area contributed by atoms with Crippen LogP contribution in [0.3, 0.4) is 0 Å². The van der Waals surface area contributed by atoms with E-state index in [1.165, 1.54) is 12.1 Å². The molecular formula is C12H17FN2O2S. The molecule has 1 aromatic rings. The van der Waals surface area contributed by atoms with Crippen LogP contribution in [0.1, 0.15) is 0 Å². The number of hydrogen-bond acceptors (Lipinski definition) is 4. The number of halogens is 1. The number of benzene rings is 1. The van der Waals surface area contributed by atoms with E-state index in [1.807, 2.05) is 0 Å². The minimum Gasteiger partial charge on any atom is -0.399 e. The Morgan fingerprint density at radius 3 is 2.72 bits per heavy atom. The Morgan fingerprint density at radius 2 is 2.06 bits per heavy atom. The van der Waals surface area contributed by atoms with E-state index in [0.29, 0.717) is 16.3 Å². The molecule has 0 radical (unpaired) electrons. The van der Waals surface area contributed by atoms with Gasteiger partial charge in [0.05, 0.1) is 24.0 Å². The predicted octanol–water partition coefficient (Wildman–Crippen LogP) is 0.848. The van der Waals surface area contributed by atoms with Crippen LogP contribution in [-0.4, -0.2) is 47.7 Å². The fraction of sp³-hybridized carbons (Fsp3) is 0.500. The molecule has 0 aromatic heterocycles. The van der Waals surface area contributed by atoms with Crippen LogP contribution in [0, 0.1) is 5.82 Å². The van der Waals surface area contributed by atoms with Crippen molar-refractivity contribution in [3.8, 4) is 0 Å². The summed E-state index contributed by atoms with van der Waals surface area (Å²) < 4.78 is 30.4. The van der Waals surface area contributed by atoms with Gasteiger partial charge in [0.1, 0.15) is 5.82 Å². The number of hydrogen-bond donors (Lipinski definition) is 1. The highest BCUT2D eigenvalue weighted by atomic mass is 32.2. The third-order valence-corrected chi connectivity index (χ3v) is 4.17. The van der Waals surface area contributed by atoms with E-state index in [4.69, 9.17) is 10.5 Å². The summed E-state index contributed by atoms with van der Waals surface area (Å²) in [5.41, 5.74) is 5.84. The van der Waals surface area contributed by atoms with Crippen LogP contribution >= 0.6 is 0 Å². The molecule has 1 aromatic carbocycles. The quantitative estimate of drug-likeness (QED) is 0.826. The number of nitrogens with two attached hydrogens (primary N) is 1. The van der Waals surface area contributed by atoms with Crippen molar-refractivity contribution in [2.75, 3.05) is 44.3 Å². The Morgan fingerprint density at radius 1 is 1.33 bits per heavy atom. The molecule has 0 aliphatic carbocycles. The second-order valence-electron chi connectivity index (χ2n) is 4.22. The number of nitrogens with zero attached hydrogens (tertiary/aromatic N) is 1. The van der Waals surface area contributed by atoms with Crippen LogP contribution in [0.2, 0.25) is 0 Å². The van der Waals surface area contributed by atoms with E-state index >= 15 is 0 Å². The van der Waals surface area contributed by atoms with Crippen LogP contribution in [-0.2, 0) is 15.5 Å². The number of rotatable bonds is 4. The van der Waals surface area contributed by atoms with Crippen molar-refractivity contribution >= 4 is 16.5 Å². The van der Waals surface area contributed by atoms with Crippen LogP contribution in [0.25, 0.3) is 0 Å². The molecule has 1 heterocycles.